The average Bonchev–Trinajstić information content (AvgIpc) is 2.07. The van der Waals surface area contributed by atoms with E-state index in [4.69, 9.17) is 17.3 Å². The van der Waals surface area contributed by atoms with Gasteiger partial charge in [0.2, 0.25) is 0 Å². The molecular weight excluding hydrogens is 238 g/mol. The van der Waals surface area contributed by atoms with Gasteiger partial charge in [0.15, 0.2) is 6.61 Å². The van der Waals surface area contributed by atoms with E-state index in [1.807, 2.05) is 0 Å². The largest absolute Gasteiger partial charge is 0.482 e. The Morgan fingerprint density at radius 1 is 1.33 bits per heavy atom. The number of ether oxygens (including phenoxy) is 1. The van der Waals surface area contributed by atoms with Crippen LogP contribution in [0.25, 0.3) is 0 Å². The fourth-order valence-corrected chi connectivity index (χ4v) is 1.00. The van der Waals surface area contributed by atoms with Crippen LogP contribution in [-0.4, -0.2) is 12.8 Å². The van der Waals surface area contributed by atoms with E-state index in [1.54, 1.807) is 0 Å². The van der Waals surface area contributed by atoms with Crippen LogP contribution < -0.4 is 10.5 Å². The molecule has 84 valence electrons. The molecule has 0 fully saturated rings. The van der Waals surface area contributed by atoms with Gasteiger partial charge in [0, 0.05) is 6.07 Å². The number of benzene rings is 1. The van der Waals surface area contributed by atoms with Crippen LogP contribution in [0.5, 0.6) is 5.75 Å². The highest BCUT2D eigenvalue weighted by Gasteiger charge is 2.28. The van der Waals surface area contributed by atoms with E-state index in [2.05, 4.69) is 4.74 Å². The molecule has 2 nitrogen and oxygen atoms in total. The Bertz CT molecular complexity index is 366. The van der Waals surface area contributed by atoms with Crippen molar-refractivity contribution < 1.29 is 22.3 Å². The maximum absolute atomic E-state index is 12.8. The molecule has 0 aliphatic heterocycles. The first kappa shape index (κ1) is 11.9. The molecule has 0 saturated heterocycles. The van der Waals surface area contributed by atoms with Gasteiger partial charge in [0.25, 0.3) is 0 Å². The Labute approximate surface area is 87.6 Å². The summed E-state index contributed by atoms with van der Waals surface area (Å²) in [5.41, 5.74) is 5.13. The van der Waals surface area contributed by atoms with Gasteiger partial charge in [-0.15, -0.1) is 0 Å². The van der Waals surface area contributed by atoms with Crippen molar-refractivity contribution in [2.24, 2.45) is 0 Å². The Hall–Kier alpha value is -1.17. The number of hydrogen-bond acceptors (Lipinski definition) is 2. The summed E-state index contributed by atoms with van der Waals surface area (Å²) < 4.78 is 52.4. The van der Waals surface area contributed by atoms with Crippen molar-refractivity contribution in [2.45, 2.75) is 6.18 Å². The van der Waals surface area contributed by atoms with Crippen molar-refractivity contribution in [3.8, 4) is 5.75 Å². The predicted molar refractivity (Wildman–Crippen MR) is 47.4 cm³/mol. The average molecular weight is 244 g/mol. The molecule has 15 heavy (non-hydrogen) atoms. The van der Waals surface area contributed by atoms with E-state index >= 15 is 0 Å². The smallest absolute Gasteiger partial charge is 0.422 e. The van der Waals surface area contributed by atoms with Crippen LogP contribution >= 0.6 is 11.6 Å². The van der Waals surface area contributed by atoms with Gasteiger partial charge in [-0.05, 0) is 6.07 Å². The number of anilines is 1. The van der Waals surface area contributed by atoms with Gasteiger partial charge in [-0.25, -0.2) is 4.39 Å². The van der Waals surface area contributed by atoms with Gasteiger partial charge in [0.05, 0.1) is 10.7 Å². The van der Waals surface area contributed by atoms with E-state index in [-0.39, 0.29) is 16.5 Å². The molecule has 1 aromatic rings. The van der Waals surface area contributed by atoms with E-state index in [0.29, 0.717) is 6.07 Å². The SMILES string of the molecule is Nc1cc(Cl)c(F)cc1OCC(F)(F)F. The van der Waals surface area contributed by atoms with Crippen LogP contribution in [0.1, 0.15) is 0 Å². The van der Waals surface area contributed by atoms with Crippen LogP contribution in [0.2, 0.25) is 5.02 Å². The zero-order chi connectivity index (χ0) is 11.6. The zero-order valence-corrected chi connectivity index (χ0v) is 7.99. The second-order valence-electron chi connectivity index (χ2n) is 2.71. The lowest BCUT2D eigenvalue weighted by Crippen LogP contribution is -2.19. The van der Waals surface area contributed by atoms with Crippen LogP contribution in [0, 0.1) is 5.82 Å². The normalized spacial score (nSPS) is 11.5. The minimum absolute atomic E-state index is 0.148. The molecule has 0 saturated carbocycles. The van der Waals surface area contributed by atoms with Gasteiger partial charge in [-0.1, -0.05) is 11.6 Å². The number of nitrogen functional groups attached to an aromatic ring is 1. The Balaban J connectivity index is 2.82. The highest BCUT2D eigenvalue weighted by atomic mass is 35.5. The monoisotopic (exact) mass is 243 g/mol. The summed E-state index contributed by atoms with van der Waals surface area (Å²) >= 11 is 5.34. The first-order valence-corrected chi connectivity index (χ1v) is 4.11. The number of rotatable bonds is 2. The Morgan fingerprint density at radius 2 is 1.93 bits per heavy atom. The van der Waals surface area contributed by atoms with Crippen LogP contribution in [0.4, 0.5) is 23.2 Å². The third-order valence-corrected chi connectivity index (χ3v) is 1.73. The van der Waals surface area contributed by atoms with E-state index < -0.39 is 18.6 Å². The van der Waals surface area contributed by atoms with Crippen LogP contribution in [0.3, 0.4) is 0 Å². The molecule has 0 radical (unpaired) electrons. The topological polar surface area (TPSA) is 35.2 Å². The van der Waals surface area contributed by atoms with Crippen molar-refractivity contribution in [1.29, 1.82) is 0 Å². The van der Waals surface area contributed by atoms with Gasteiger partial charge in [0.1, 0.15) is 11.6 Å². The van der Waals surface area contributed by atoms with E-state index in [0.717, 1.165) is 6.07 Å². The molecule has 0 aromatic heterocycles. The van der Waals surface area contributed by atoms with Gasteiger partial charge in [-0.3, -0.25) is 0 Å². The maximum atomic E-state index is 12.8. The lowest BCUT2D eigenvalue weighted by molar-refractivity contribution is -0.153. The third kappa shape index (κ3) is 3.47. The number of hydrogen-bond donors (Lipinski definition) is 1. The molecule has 2 N–H and O–H groups in total. The molecule has 0 heterocycles. The minimum atomic E-state index is -4.50. The lowest BCUT2D eigenvalue weighted by Gasteiger charge is -2.11. The summed E-state index contributed by atoms with van der Waals surface area (Å²) in [5, 5.41) is -0.271. The Morgan fingerprint density at radius 3 is 2.47 bits per heavy atom. The lowest BCUT2D eigenvalue weighted by atomic mass is 10.3. The summed E-state index contributed by atoms with van der Waals surface area (Å²) in [5.74, 6) is -1.27. The molecule has 1 rings (SSSR count). The van der Waals surface area contributed by atoms with E-state index in [1.165, 1.54) is 0 Å². The van der Waals surface area contributed by atoms with Crippen molar-refractivity contribution in [3.05, 3.63) is 23.0 Å². The first-order chi connectivity index (χ1) is 6.79. The van der Waals surface area contributed by atoms with E-state index in [9.17, 15) is 17.6 Å². The third-order valence-electron chi connectivity index (χ3n) is 1.44. The summed E-state index contributed by atoms with van der Waals surface area (Å²) in [7, 11) is 0. The zero-order valence-electron chi connectivity index (χ0n) is 7.24. The fourth-order valence-electron chi connectivity index (χ4n) is 0.829. The highest BCUT2D eigenvalue weighted by molar-refractivity contribution is 6.31. The molecule has 0 aliphatic carbocycles. The first-order valence-electron chi connectivity index (χ1n) is 3.73. The molecule has 0 amide bonds. The molecule has 0 spiro atoms. The highest BCUT2D eigenvalue weighted by Crippen LogP contribution is 2.29. The summed E-state index contributed by atoms with van der Waals surface area (Å²) in [6.45, 7) is -1.53. The van der Waals surface area contributed by atoms with Crippen molar-refractivity contribution in [1.82, 2.24) is 0 Å². The van der Waals surface area contributed by atoms with Crippen LogP contribution in [-0.2, 0) is 0 Å². The summed E-state index contributed by atoms with van der Waals surface area (Å²) in [4.78, 5) is 0. The standard InChI is InChI=1S/C8H6ClF4NO/c9-4-1-6(14)7(2-5(4)10)15-3-8(11,12)13/h1-2H,3,14H2. The van der Waals surface area contributed by atoms with Gasteiger partial charge >= 0.3 is 6.18 Å². The summed E-state index contributed by atoms with van der Waals surface area (Å²) in [6.07, 6.45) is -4.50. The number of nitrogens with two attached hydrogens (primary N) is 1. The predicted octanol–water partition coefficient (Wildman–Crippen LogP) is 3.00. The molecule has 0 unspecified atom stereocenters. The van der Waals surface area contributed by atoms with Crippen molar-refractivity contribution in [3.63, 3.8) is 0 Å². The fraction of sp³-hybridized carbons (Fsp3) is 0.250. The second-order valence-corrected chi connectivity index (χ2v) is 3.12. The minimum Gasteiger partial charge on any atom is -0.482 e. The number of halogens is 5. The molecule has 0 bridgehead atoms. The van der Waals surface area contributed by atoms with Crippen LogP contribution in [0.15, 0.2) is 12.1 Å². The molecule has 0 atom stereocenters. The van der Waals surface area contributed by atoms with Gasteiger partial charge in [-0.2, -0.15) is 13.2 Å². The van der Waals surface area contributed by atoms with Crippen molar-refractivity contribution >= 4 is 17.3 Å². The maximum Gasteiger partial charge on any atom is 0.422 e. The molecule has 0 aliphatic rings. The number of alkyl halides is 3. The molecular formula is C8H6ClF4NO. The second kappa shape index (κ2) is 4.14. The van der Waals surface area contributed by atoms with Crippen molar-refractivity contribution in [2.75, 3.05) is 12.3 Å². The molecule has 1 aromatic carbocycles. The summed E-state index contributed by atoms with van der Waals surface area (Å²) in [6, 6.07) is 1.70. The van der Waals surface area contributed by atoms with Gasteiger partial charge < -0.3 is 10.5 Å². The Kier molecular flexibility index (Phi) is 3.28. The quantitative estimate of drug-likeness (QED) is 0.640. The molecule has 7 heteroatoms.